The molecule has 0 bridgehead atoms. The van der Waals surface area contributed by atoms with Crippen LogP contribution in [0, 0.1) is 41.4 Å². The van der Waals surface area contributed by atoms with Crippen LogP contribution in [-0.4, -0.2) is 227 Å². The van der Waals surface area contributed by atoms with E-state index in [1.54, 1.807) is 54.5 Å². The molecule has 12 atom stereocenters. The summed E-state index contributed by atoms with van der Waals surface area (Å²) in [5.74, 6) is -9.71. The molecule has 85 heavy (non-hydrogen) atoms. The van der Waals surface area contributed by atoms with Crippen molar-refractivity contribution in [2.24, 2.45) is 41.4 Å². The minimum atomic E-state index is -1.61. The molecule has 23 heteroatoms. The van der Waals surface area contributed by atoms with E-state index in [2.05, 4.69) is 21.3 Å². The standard InChI is InChI=1S/C62H111N11O12/c1-25-27-28-40(15)52(75)51-56(79)65-43(26-2)58(81)67(18)33-48(74)68(19)44(29-34(3)4)55(78)66-49(38(11)12)61(84)69(20)45(30-35(5)6)54(77)63-41(16)53(76)64-42(17)57(80)70(21)46(31-36(7)8)59(82)71(22)47(32-37(9)10)60(83)72(23)50(39(13)14)62(85)73(51)24/h25,27,34-47,49-52,75H,26,28-33H2,1-24H3,(H,63,77)(H,64,76)(H,65,79)(H,66,78)/b27-25+/t40-,41+,42-,43+,44+,45+,46-,47?,49+,50-,51+,52+/m1/s1. The number of carbonyl (C=O) groups excluding carboxylic acids is 11. The summed E-state index contributed by atoms with van der Waals surface area (Å²) in [6, 6.07) is -12.3. The molecule has 0 aromatic heterocycles. The Labute approximate surface area is 508 Å². The van der Waals surface area contributed by atoms with E-state index < -0.39 is 156 Å². The summed E-state index contributed by atoms with van der Waals surface area (Å²) in [4.78, 5) is 169. The molecule has 0 saturated carbocycles. The zero-order valence-electron chi connectivity index (χ0n) is 56.1. The molecule has 486 valence electrons. The van der Waals surface area contributed by atoms with Gasteiger partial charge in [-0.15, -0.1) is 0 Å². The van der Waals surface area contributed by atoms with Gasteiger partial charge in [-0.25, -0.2) is 0 Å². The van der Waals surface area contributed by atoms with Crippen molar-refractivity contribution in [2.45, 2.75) is 223 Å². The molecule has 11 amide bonds. The van der Waals surface area contributed by atoms with Crippen LogP contribution >= 0.6 is 0 Å². The van der Waals surface area contributed by atoms with Crippen molar-refractivity contribution in [2.75, 3.05) is 55.9 Å². The SMILES string of the molecule is C/C=C/C[C@@H](C)[C@H](O)[C@H]1C(=O)N[C@@H](CC)C(=O)N(C)CC(=O)N(C)[C@@H](CC(C)C)C(=O)N[C@@H](C(C)C)C(=O)N(C)[C@@H](CC(C)C)C(=O)N[C@@H](C)C(=O)N[C@H](C)C(=O)N(C)[C@H](CC(C)C)C(=O)N(C)C(CC(C)C)C(=O)N(C)[C@H](C(C)C)C(=O)N1C. The van der Waals surface area contributed by atoms with Crippen LogP contribution in [-0.2, 0) is 52.7 Å². The van der Waals surface area contributed by atoms with Gasteiger partial charge in [0.05, 0.1) is 12.6 Å². The van der Waals surface area contributed by atoms with Crippen molar-refractivity contribution in [3.8, 4) is 0 Å². The average molecular weight is 1200 g/mol. The number of aliphatic hydroxyl groups is 1. The maximum Gasteiger partial charge on any atom is 0.246 e. The molecule has 0 spiro atoms. The Hall–Kier alpha value is -6.13. The molecule has 5 N–H and O–H groups in total. The highest BCUT2D eigenvalue weighted by Gasteiger charge is 2.45. The number of hydrogen-bond acceptors (Lipinski definition) is 12. The van der Waals surface area contributed by atoms with Crippen LogP contribution in [0.25, 0.3) is 0 Å². The Morgan fingerprint density at radius 2 is 0.871 bits per heavy atom. The van der Waals surface area contributed by atoms with Gasteiger partial charge in [-0.2, -0.15) is 0 Å². The number of nitrogens with zero attached hydrogens (tertiary/aromatic N) is 7. The van der Waals surface area contributed by atoms with Crippen LogP contribution in [0.1, 0.15) is 156 Å². The minimum absolute atomic E-state index is 0.0229. The summed E-state index contributed by atoms with van der Waals surface area (Å²) >= 11 is 0. The summed E-state index contributed by atoms with van der Waals surface area (Å²) in [5.41, 5.74) is 0. The lowest BCUT2D eigenvalue weighted by Gasteiger charge is -2.41. The summed E-state index contributed by atoms with van der Waals surface area (Å²) in [5, 5.41) is 23.1. The van der Waals surface area contributed by atoms with Crippen molar-refractivity contribution in [3.05, 3.63) is 12.2 Å². The Kier molecular flexibility index (Phi) is 31.5. The molecular weight excluding hydrogens is 1090 g/mol. The number of allylic oxidation sites excluding steroid dienone is 2. The molecule has 1 fully saturated rings. The fraction of sp³-hybridized carbons (Fsp3) is 0.790. The Balaban J connectivity index is 4.32. The van der Waals surface area contributed by atoms with E-state index in [4.69, 9.17) is 0 Å². The lowest BCUT2D eigenvalue weighted by Crippen LogP contribution is -2.63. The fourth-order valence-corrected chi connectivity index (χ4v) is 10.7. The van der Waals surface area contributed by atoms with Gasteiger partial charge in [0.2, 0.25) is 65.0 Å². The van der Waals surface area contributed by atoms with Gasteiger partial charge >= 0.3 is 0 Å². The van der Waals surface area contributed by atoms with Gasteiger partial charge in [-0.05, 0) is 101 Å². The predicted molar refractivity (Wildman–Crippen MR) is 328 cm³/mol. The number of nitrogens with one attached hydrogen (secondary N) is 4. The van der Waals surface area contributed by atoms with Crippen LogP contribution in [0.3, 0.4) is 0 Å². The summed E-state index contributed by atoms with van der Waals surface area (Å²) in [6.07, 6.45) is 3.04. The number of likely N-dealkylation sites (N-methyl/N-ethyl adjacent to an activating group) is 7. The van der Waals surface area contributed by atoms with Gasteiger partial charge in [0.25, 0.3) is 0 Å². The van der Waals surface area contributed by atoms with Gasteiger partial charge in [0.1, 0.15) is 60.4 Å². The topological polar surface area (TPSA) is 279 Å². The second kappa shape index (κ2) is 34.9. The summed E-state index contributed by atoms with van der Waals surface area (Å²) < 4.78 is 0. The largest absolute Gasteiger partial charge is 0.390 e. The maximum absolute atomic E-state index is 15.1. The predicted octanol–water partition coefficient (Wildman–Crippen LogP) is 3.27. The first-order valence-electron chi connectivity index (χ1n) is 30.6. The van der Waals surface area contributed by atoms with E-state index in [1.165, 1.54) is 87.7 Å². The molecule has 1 aliphatic heterocycles. The molecule has 1 aliphatic rings. The van der Waals surface area contributed by atoms with E-state index in [0.29, 0.717) is 6.42 Å². The highest BCUT2D eigenvalue weighted by Crippen LogP contribution is 2.26. The third-order valence-corrected chi connectivity index (χ3v) is 16.1. The van der Waals surface area contributed by atoms with Gasteiger partial charge in [0, 0.05) is 49.3 Å². The zero-order valence-corrected chi connectivity index (χ0v) is 56.1. The molecule has 23 nitrogen and oxygen atoms in total. The Morgan fingerprint density at radius 3 is 1.32 bits per heavy atom. The summed E-state index contributed by atoms with van der Waals surface area (Å²) in [6.45, 7) is 29.3. The summed E-state index contributed by atoms with van der Waals surface area (Å²) in [7, 11) is 9.92. The molecule has 0 radical (unpaired) electrons. The molecule has 0 aromatic rings. The van der Waals surface area contributed by atoms with Gasteiger partial charge in [-0.1, -0.05) is 109 Å². The molecule has 1 rings (SSSR count). The Morgan fingerprint density at radius 1 is 0.459 bits per heavy atom. The lowest BCUT2D eigenvalue weighted by molar-refractivity contribution is -0.157. The van der Waals surface area contributed by atoms with Crippen molar-refractivity contribution in [1.82, 2.24) is 55.6 Å². The molecule has 0 aromatic carbocycles. The van der Waals surface area contributed by atoms with Crippen LogP contribution in [0.2, 0.25) is 0 Å². The normalized spacial score (nSPS) is 26.9. The van der Waals surface area contributed by atoms with Gasteiger partial charge in [-0.3, -0.25) is 52.7 Å². The van der Waals surface area contributed by atoms with Crippen molar-refractivity contribution < 1.29 is 57.8 Å². The van der Waals surface area contributed by atoms with E-state index in [9.17, 15) is 48.3 Å². The lowest BCUT2D eigenvalue weighted by atomic mass is 9.91. The Bertz CT molecular complexity index is 2330. The quantitative estimate of drug-likeness (QED) is 0.148. The highest BCUT2D eigenvalue weighted by atomic mass is 16.3. The number of aliphatic hydroxyl groups excluding tert-OH is 1. The second-order valence-electron chi connectivity index (χ2n) is 26.1. The van der Waals surface area contributed by atoms with Crippen molar-refractivity contribution in [3.63, 3.8) is 0 Å². The molecule has 1 saturated heterocycles. The first-order chi connectivity index (χ1) is 39.2. The van der Waals surface area contributed by atoms with Crippen LogP contribution in [0.5, 0.6) is 0 Å². The number of rotatable bonds is 15. The minimum Gasteiger partial charge on any atom is -0.390 e. The first-order valence-corrected chi connectivity index (χ1v) is 30.6. The maximum atomic E-state index is 15.1. The monoisotopic (exact) mass is 1200 g/mol. The smallest absolute Gasteiger partial charge is 0.246 e. The number of carbonyl (C=O) groups is 11. The van der Waals surface area contributed by atoms with Crippen LogP contribution in [0.15, 0.2) is 12.2 Å². The van der Waals surface area contributed by atoms with E-state index in [-0.39, 0.29) is 55.8 Å². The molecule has 1 unspecified atom stereocenters. The van der Waals surface area contributed by atoms with E-state index >= 15 is 9.59 Å². The van der Waals surface area contributed by atoms with Gasteiger partial charge in [0.15, 0.2) is 0 Å². The van der Waals surface area contributed by atoms with Crippen molar-refractivity contribution >= 4 is 65.0 Å². The van der Waals surface area contributed by atoms with Crippen LogP contribution < -0.4 is 21.3 Å². The fourth-order valence-electron chi connectivity index (χ4n) is 10.7. The first kappa shape index (κ1) is 76.9. The average Bonchev–Trinajstić information content (AvgIpc) is 3.62. The molecular formula is C62H111N11O12. The molecule has 0 aliphatic carbocycles. The second-order valence-corrected chi connectivity index (χ2v) is 26.1. The third kappa shape index (κ3) is 21.7. The van der Waals surface area contributed by atoms with Crippen LogP contribution in [0.4, 0.5) is 0 Å². The van der Waals surface area contributed by atoms with E-state index in [1.807, 2.05) is 61.5 Å². The number of hydrogen-bond donors (Lipinski definition) is 5. The van der Waals surface area contributed by atoms with Crippen molar-refractivity contribution in [1.29, 1.82) is 0 Å². The molecule has 1 heterocycles. The van der Waals surface area contributed by atoms with Gasteiger partial charge < -0.3 is 60.7 Å². The number of amides is 11. The third-order valence-electron chi connectivity index (χ3n) is 16.1. The zero-order chi connectivity index (χ0) is 66.0. The highest BCUT2D eigenvalue weighted by molar-refractivity contribution is 5.99. The van der Waals surface area contributed by atoms with E-state index in [0.717, 1.165) is 9.80 Å².